The summed E-state index contributed by atoms with van der Waals surface area (Å²) in [5.74, 6) is 0. The minimum absolute atomic E-state index is 0.169. The summed E-state index contributed by atoms with van der Waals surface area (Å²) in [6.07, 6.45) is 2.97. The van der Waals surface area contributed by atoms with Gasteiger partial charge in [0.25, 0.3) is 0 Å². The molecule has 1 N–H and O–H groups in total. The summed E-state index contributed by atoms with van der Waals surface area (Å²) >= 11 is 0. The molecule has 0 aliphatic heterocycles. The zero-order chi connectivity index (χ0) is 13.0. The van der Waals surface area contributed by atoms with E-state index in [4.69, 9.17) is 0 Å². The third-order valence-electron chi connectivity index (χ3n) is 2.70. The van der Waals surface area contributed by atoms with Crippen molar-refractivity contribution < 1.29 is 0 Å². The van der Waals surface area contributed by atoms with Gasteiger partial charge in [-0.05, 0) is 39.0 Å². The smallest absolute Gasteiger partial charge is 0.0645 e. The van der Waals surface area contributed by atoms with Gasteiger partial charge < -0.3 is 5.32 Å². The van der Waals surface area contributed by atoms with Crippen LogP contribution in [0.15, 0.2) is 42.6 Å². The first-order valence-electron chi connectivity index (χ1n) is 6.40. The van der Waals surface area contributed by atoms with Gasteiger partial charge in [0.2, 0.25) is 0 Å². The van der Waals surface area contributed by atoms with Crippen LogP contribution in [0.2, 0.25) is 0 Å². The van der Waals surface area contributed by atoms with Crippen molar-refractivity contribution in [2.45, 2.75) is 32.7 Å². The summed E-state index contributed by atoms with van der Waals surface area (Å²) < 4.78 is 1.92. The lowest BCUT2D eigenvalue weighted by Gasteiger charge is -2.19. The van der Waals surface area contributed by atoms with Crippen LogP contribution in [0.5, 0.6) is 0 Å². The molecule has 18 heavy (non-hydrogen) atoms. The van der Waals surface area contributed by atoms with Gasteiger partial charge in [-0.2, -0.15) is 5.10 Å². The zero-order valence-electron chi connectivity index (χ0n) is 11.4. The molecule has 2 aromatic rings. The maximum absolute atomic E-state index is 4.58. The molecule has 1 aromatic heterocycles. The van der Waals surface area contributed by atoms with E-state index in [9.17, 15) is 0 Å². The van der Waals surface area contributed by atoms with E-state index in [0.29, 0.717) is 0 Å². The van der Waals surface area contributed by atoms with Crippen LogP contribution in [-0.4, -0.2) is 21.9 Å². The van der Waals surface area contributed by atoms with Crippen LogP contribution < -0.4 is 5.32 Å². The van der Waals surface area contributed by atoms with Gasteiger partial charge in [0.1, 0.15) is 0 Å². The van der Waals surface area contributed by atoms with Crippen LogP contribution in [-0.2, 0) is 6.42 Å². The number of nitrogens with one attached hydrogen (secondary N) is 1. The van der Waals surface area contributed by atoms with Crippen LogP contribution in [0.1, 0.15) is 26.5 Å². The molecule has 0 radical (unpaired) electrons. The molecular formula is C15H21N3. The molecule has 1 aromatic carbocycles. The molecule has 3 heteroatoms. The fourth-order valence-corrected chi connectivity index (χ4v) is 1.79. The first kappa shape index (κ1) is 12.8. The molecule has 0 bridgehead atoms. The maximum atomic E-state index is 4.58. The van der Waals surface area contributed by atoms with Crippen molar-refractivity contribution in [1.82, 2.24) is 15.1 Å². The van der Waals surface area contributed by atoms with Gasteiger partial charge in [-0.3, -0.25) is 0 Å². The first-order valence-corrected chi connectivity index (χ1v) is 6.40. The number of benzene rings is 1. The van der Waals surface area contributed by atoms with E-state index < -0.39 is 0 Å². The fourth-order valence-electron chi connectivity index (χ4n) is 1.79. The lowest BCUT2D eigenvalue weighted by atomic mass is 10.1. The molecule has 0 atom stereocenters. The van der Waals surface area contributed by atoms with Crippen LogP contribution in [0.4, 0.5) is 0 Å². The summed E-state index contributed by atoms with van der Waals surface area (Å²) in [5.41, 5.74) is 2.39. The zero-order valence-corrected chi connectivity index (χ0v) is 11.4. The molecule has 3 nitrogen and oxygen atoms in total. The Morgan fingerprint density at radius 2 is 1.83 bits per heavy atom. The van der Waals surface area contributed by atoms with Crippen molar-refractivity contribution in [3.63, 3.8) is 0 Å². The van der Waals surface area contributed by atoms with Crippen molar-refractivity contribution >= 4 is 0 Å². The van der Waals surface area contributed by atoms with Crippen LogP contribution in [0, 0.1) is 0 Å². The molecule has 1 heterocycles. The summed E-state index contributed by atoms with van der Waals surface area (Å²) in [5, 5.41) is 8.05. The van der Waals surface area contributed by atoms with E-state index >= 15 is 0 Å². The predicted molar refractivity (Wildman–Crippen MR) is 75.0 cm³/mol. The standard InChI is InChI=1S/C15H21N3/c1-15(2,3)16-11-9-13-10-12-18(17-13)14-7-5-4-6-8-14/h4-8,10,12,16H,9,11H2,1-3H3. The first-order chi connectivity index (χ1) is 8.54. The highest BCUT2D eigenvalue weighted by atomic mass is 15.3. The van der Waals surface area contributed by atoms with Crippen LogP contribution in [0.3, 0.4) is 0 Å². The van der Waals surface area contributed by atoms with Gasteiger partial charge in [-0.25, -0.2) is 4.68 Å². The Morgan fingerprint density at radius 1 is 1.11 bits per heavy atom. The second kappa shape index (κ2) is 5.36. The predicted octanol–water partition coefficient (Wildman–Crippen LogP) is 2.80. The highest BCUT2D eigenvalue weighted by Gasteiger charge is 2.08. The molecule has 0 amide bonds. The molecule has 0 spiro atoms. The van der Waals surface area contributed by atoms with Gasteiger partial charge in [0, 0.05) is 24.7 Å². The van der Waals surface area contributed by atoms with Crippen molar-refractivity contribution in [1.29, 1.82) is 0 Å². The Morgan fingerprint density at radius 3 is 2.50 bits per heavy atom. The Bertz CT molecular complexity index is 480. The largest absolute Gasteiger partial charge is 0.312 e. The quantitative estimate of drug-likeness (QED) is 0.895. The van der Waals surface area contributed by atoms with E-state index in [-0.39, 0.29) is 5.54 Å². The van der Waals surface area contributed by atoms with E-state index in [2.05, 4.69) is 49.4 Å². The molecule has 0 aliphatic carbocycles. The number of aromatic nitrogens is 2. The van der Waals surface area contributed by atoms with Crippen LogP contribution >= 0.6 is 0 Å². The summed E-state index contributed by atoms with van der Waals surface area (Å²) in [6.45, 7) is 7.48. The number of nitrogens with zero attached hydrogens (tertiary/aromatic N) is 2. The highest BCUT2D eigenvalue weighted by Crippen LogP contribution is 2.07. The topological polar surface area (TPSA) is 29.9 Å². The number of para-hydroxylation sites is 1. The Hall–Kier alpha value is -1.61. The molecular weight excluding hydrogens is 222 g/mol. The Balaban J connectivity index is 1.95. The van der Waals surface area contributed by atoms with Crippen molar-refractivity contribution in [2.24, 2.45) is 0 Å². The van der Waals surface area contributed by atoms with Crippen molar-refractivity contribution in [3.05, 3.63) is 48.3 Å². The maximum Gasteiger partial charge on any atom is 0.0645 e. The molecule has 2 rings (SSSR count). The second-order valence-corrected chi connectivity index (χ2v) is 5.51. The third-order valence-corrected chi connectivity index (χ3v) is 2.70. The third kappa shape index (κ3) is 3.70. The molecule has 0 fully saturated rings. The van der Waals surface area contributed by atoms with E-state index in [0.717, 1.165) is 24.3 Å². The normalized spacial score (nSPS) is 11.7. The average molecular weight is 243 g/mol. The molecule has 0 saturated heterocycles. The molecule has 0 saturated carbocycles. The van der Waals surface area contributed by atoms with Gasteiger partial charge >= 0.3 is 0 Å². The average Bonchev–Trinajstić information content (AvgIpc) is 2.77. The summed E-state index contributed by atoms with van der Waals surface area (Å²) in [4.78, 5) is 0. The minimum Gasteiger partial charge on any atom is -0.312 e. The van der Waals surface area contributed by atoms with Crippen molar-refractivity contribution in [3.8, 4) is 5.69 Å². The van der Waals surface area contributed by atoms with E-state index in [1.165, 1.54) is 0 Å². The SMILES string of the molecule is CC(C)(C)NCCc1ccn(-c2ccccc2)n1. The van der Waals surface area contributed by atoms with E-state index in [1.807, 2.05) is 29.1 Å². The van der Waals surface area contributed by atoms with Gasteiger partial charge in [0.05, 0.1) is 11.4 Å². The van der Waals surface area contributed by atoms with Gasteiger partial charge in [-0.1, -0.05) is 18.2 Å². The molecule has 0 aliphatic rings. The minimum atomic E-state index is 0.169. The van der Waals surface area contributed by atoms with E-state index in [1.54, 1.807) is 0 Å². The van der Waals surface area contributed by atoms with Gasteiger partial charge in [0.15, 0.2) is 0 Å². The molecule has 0 unspecified atom stereocenters. The summed E-state index contributed by atoms with van der Waals surface area (Å²) in [6, 6.07) is 12.3. The summed E-state index contributed by atoms with van der Waals surface area (Å²) in [7, 11) is 0. The van der Waals surface area contributed by atoms with Crippen LogP contribution in [0.25, 0.3) is 5.69 Å². The monoisotopic (exact) mass is 243 g/mol. The fraction of sp³-hybridized carbons (Fsp3) is 0.400. The Labute approximate surface area is 109 Å². The number of rotatable bonds is 4. The molecule has 96 valence electrons. The van der Waals surface area contributed by atoms with Crippen molar-refractivity contribution in [2.75, 3.05) is 6.54 Å². The highest BCUT2D eigenvalue weighted by molar-refractivity contribution is 5.30. The number of hydrogen-bond acceptors (Lipinski definition) is 2. The number of hydrogen-bond donors (Lipinski definition) is 1. The Kier molecular flexibility index (Phi) is 3.82. The lowest BCUT2D eigenvalue weighted by molar-refractivity contribution is 0.428. The van der Waals surface area contributed by atoms with Gasteiger partial charge in [-0.15, -0.1) is 0 Å². The second-order valence-electron chi connectivity index (χ2n) is 5.51. The lowest BCUT2D eigenvalue weighted by Crippen LogP contribution is -2.37.